The van der Waals surface area contributed by atoms with Crippen LogP contribution in [0.3, 0.4) is 0 Å². The summed E-state index contributed by atoms with van der Waals surface area (Å²) < 4.78 is 0. The Morgan fingerprint density at radius 3 is 1.59 bits per heavy atom. The van der Waals surface area contributed by atoms with E-state index in [2.05, 4.69) is 56.5 Å². The highest BCUT2D eigenvalue weighted by atomic mass is 16.2. The van der Waals surface area contributed by atoms with Crippen LogP contribution in [0.25, 0.3) is 0 Å². The van der Waals surface area contributed by atoms with Crippen LogP contribution in [0.2, 0.25) is 0 Å². The monoisotopic (exact) mass is 433 g/mol. The van der Waals surface area contributed by atoms with Crippen LogP contribution in [0.4, 0.5) is 11.6 Å². The number of nitrogens with one attached hydrogen (secondary N) is 2. The third kappa shape index (κ3) is 2.66. The maximum atomic E-state index is 13.3. The van der Waals surface area contributed by atoms with Crippen molar-refractivity contribution in [3.05, 3.63) is 42.5 Å². The summed E-state index contributed by atoms with van der Waals surface area (Å²) in [6.45, 7) is 17.4. The first-order chi connectivity index (χ1) is 14.9. The Bertz CT molecular complexity index is 975. The fourth-order valence-electron chi connectivity index (χ4n) is 7.33. The van der Waals surface area contributed by atoms with Gasteiger partial charge in [0.1, 0.15) is 11.6 Å². The van der Waals surface area contributed by atoms with Crippen molar-refractivity contribution in [3.8, 4) is 0 Å². The van der Waals surface area contributed by atoms with E-state index in [0.717, 1.165) is 49.7 Å². The average Bonchev–Trinajstić information content (AvgIpc) is 3.46. The predicted molar refractivity (Wildman–Crippen MR) is 127 cm³/mol. The van der Waals surface area contributed by atoms with E-state index in [9.17, 15) is 9.59 Å². The van der Waals surface area contributed by atoms with Crippen LogP contribution >= 0.6 is 0 Å². The number of pyridine rings is 1. The van der Waals surface area contributed by atoms with Crippen LogP contribution in [0.15, 0.2) is 42.5 Å². The molecule has 0 spiro atoms. The Hall–Kier alpha value is -2.43. The van der Waals surface area contributed by atoms with Gasteiger partial charge in [-0.15, -0.1) is 0 Å². The second-order valence-electron chi connectivity index (χ2n) is 11.8. The summed E-state index contributed by atoms with van der Waals surface area (Å²) in [5.74, 6) is 1.92. The molecular weight excluding hydrogens is 398 g/mol. The zero-order chi connectivity index (χ0) is 23.1. The SMILES string of the molecule is C=C1C2(C(=O)Nc3cccc(NC(=O)C45CCC(C4)C(C)(C)C5=C)n3)CCC(C2)C1(C)C. The summed E-state index contributed by atoms with van der Waals surface area (Å²) in [5.41, 5.74) is 1.07. The molecule has 4 fully saturated rings. The Balaban J connectivity index is 1.32. The molecule has 0 aromatic carbocycles. The summed E-state index contributed by atoms with van der Waals surface area (Å²) in [4.78, 5) is 31.2. The number of carbonyl (C=O) groups is 2. The molecule has 170 valence electrons. The Morgan fingerprint density at radius 2 is 1.25 bits per heavy atom. The van der Waals surface area contributed by atoms with Gasteiger partial charge in [0.2, 0.25) is 11.8 Å². The number of aromatic nitrogens is 1. The minimum Gasteiger partial charge on any atom is -0.310 e. The number of amides is 2. The number of fused-ring (bicyclic) bond motifs is 4. The van der Waals surface area contributed by atoms with Crippen molar-refractivity contribution >= 4 is 23.5 Å². The lowest BCUT2D eigenvalue weighted by Crippen LogP contribution is -2.38. The molecule has 5 heteroatoms. The van der Waals surface area contributed by atoms with Crippen molar-refractivity contribution in [1.82, 2.24) is 4.98 Å². The van der Waals surface area contributed by atoms with E-state index >= 15 is 0 Å². The summed E-state index contributed by atoms with van der Waals surface area (Å²) in [7, 11) is 0. The molecule has 5 rings (SSSR count). The van der Waals surface area contributed by atoms with Gasteiger partial charge in [0.05, 0.1) is 10.8 Å². The van der Waals surface area contributed by atoms with Crippen LogP contribution in [-0.2, 0) is 9.59 Å². The topological polar surface area (TPSA) is 71.1 Å². The van der Waals surface area contributed by atoms with Gasteiger partial charge >= 0.3 is 0 Å². The van der Waals surface area contributed by atoms with Gasteiger partial charge in [-0.2, -0.15) is 0 Å². The fourth-order valence-corrected chi connectivity index (χ4v) is 7.33. The maximum Gasteiger partial charge on any atom is 0.235 e. The van der Waals surface area contributed by atoms with Gasteiger partial charge in [-0.05, 0) is 73.3 Å². The molecule has 1 heterocycles. The molecule has 2 N–H and O–H groups in total. The van der Waals surface area contributed by atoms with Gasteiger partial charge in [-0.3, -0.25) is 9.59 Å². The second kappa shape index (κ2) is 6.55. The van der Waals surface area contributed by atoms with E-state index in [1.54, 1.807) is 12.1 Å². The lowest BCUT2D eigenvalue weighted by Gasteiger charge is -2.37. The Labute approximate surface area is 191 Å². The molecule has 4 aliphatic carbocycles. The van der Waals surface area contributed by atoms with Crippen molar-refractivity contribution in [2.75, 3.05) is 10.6 Å². The standard InChI is InChI=1S/C27H35N3O2/c1-16-24(3,4)18-10-12-26(16,14-18)22(31)29-20-8-7-9-21(28-20)30-23(32)27-13-11-19(15-27)25(5,6)17(27)2/h7-9,18-19H,1-2,10-15H2,3-6H3,(H2,28,29,30,31,32). The fraction of sp³-hybridized carbons (Fsp3) is 0.593. The average molecular weight is 434 g/mol. The van der Waals surface area contributed by atoms with E-state index in [4.69, 9.17) is 0 Å². The van der Waals surface area contributed by atoms with E-state index in [-0.39, 0.29) is 22.6 Å². The van der Waals surface area contributed by atoms with Crippen LogP contribution in [-0.4, -0.2) is 16.8 Å². The summed E-state index contributed by atoms with van der Waals surface area (Å²) >= 11 is 0. The predicted octanol–water partition coefficient (Wildman–Crippen LogP) is 5.72. The van der Waals surface area contributed by atoms with Gasteiger partial charge in [0.15, 0.2) is 0 Å². The Morgan fingerprint density at radius 1 is 0.844 bits per heavy atom. The number of rotatable bonds is 4. The number of hydrogen-bond acceptors (Lipinski definition) is 3. The second-order valence-corrected chi connectivity index (χ2v) is 11.8. The van der Waals surface area contributed by atoms with Crippen LogP contribution in [0.1, 0.15) is 66.2 Å². The van der Waals surface area contributed by atoms with Crippen molar-refractivity contribution in [2.45, 2.75) is 66.2 Å². The molecule has 4 atom stereocenters. The van der Waals surface area contributed by atoms with Crippen molar-refractivity contribution in [1.29, 1.82) is 0 Å². The number of carbonyl (C=O) groups excluding carboxylic acids is 2. The third-order valence-corrected chi connectivity index (χ3v) is 9.88. The molecule has 4 saturated carbocycles. The first-order valence-corrected chi connectivity index (χ1v) is 11.9. The molecule has 2 amide bonds. The molecule has 1 aromatic heterocycles. The highest BCUT2D eigenvalue weighted by molar-refractivity contribution is 5.99. The zero-order valence-electron chi connectivity index (χ0n) is 19.8. The third-order valence-electron chi connectivity index (χ3n) is 9.88. The van der Waals surface area contributed by atoms with E-state index in [1.807, 2.05) is 6.07 Å². The molecule has 5 nitrogen and oxygen atoms in total. The highest BCUT2D eigenvalue weighted by Crippen LogP contribution is 2.66. The number of anilines is 2. The maximum absolute atomic E-state index is 13.3. The van der Waals surface area contributed by atoms with E-state index < -0.39 is 10.8 Å². The number of hydrogen-bond donors (Lipinski definition) is 2. The normalized spacial score (nSPS) is 35.9. The van der Waals surface area contributed by atoms with Gasteiger partial charge in [0, 0.05) is 0 Å². The molecule has 0 radical (unpaired) electrons. The Kier molecular flexibility index (Phi) is 4.39. The molecule has 4 bridgehead atoms. The molecule has 4 unspecified atom stereocenters. The van der Waals surface area contributed by atoms with Crippen molar-refractivity contribution in [3.63, 3.8) is 0 Å². The quantitative estimate of drug-likeness (QED) is 0.596. The van der Waals surface area contributed by atoms with Crippen molar-refractivity contribution < 1.29 is 9.59 Å². The lowest BCUT2D eigenvalue weighted by molar-refractivity contribution is -0.124. The molecule has 0 saturated heterocycles. The first-order valence-electron chi connectivity index (χ1n) is 11.9. The van der Waals surface area contributed by atoms with Gasteiger partial charge in [-0.1, -0.05) is 58.1 Å². The molecular formula is C27H35N3O2. The van der Waals surface area contributed by atoms with Crippen LogP contribution in [0.5, 0.6) is 0 Å². The lowest BCUT2D eigenvalue weighted by atomic mass is 9.68. The van der Waals surface area contributed by atoms with E-state index in [1.165, 1.54) is 0 Å². The first kappa shape index (κ1) is 21.4. The van der Waals surface area contributed by atoms with Crippen LogP contribution < -0.4 is 10.6 Å². The van der Waals surface area contributed by atoms with Crippen LogP contribution in [0, 0.1) is 33.5 Å². The van der Waals surface area contributed by atoms with Crippen molar-refractivity contribution in [2.24, 2.45) is 33.5 Å². The minimum absolute atomic E-state index is 0.00522. The highest BCUT2D eigenvalue weighted by Gasteiger charge is 2.62. The molecule has 4 aliphatic rings. The summed E-state index contributed by atoms with van der Waals surface area (Å²) in [6, 6.07) is 5.38. The minimum atomic E-state index is -0.500. The molecule has 1 aromatic rings. The molecule has 32 heavy (non-hydrogen) atoms. The van der Waals surface area contributed by atoms with Gasteiger partial charge < -0.3 is 10.6 Å². The number of nitrogens with zero attached hydrogens (tertiary/aromatic N) is 1. The zero-order valence-corrected chi connectivity index (χ0v) is 19.8. The van der Waals surface area contributed by atoms with E-state index in [0.29, 0.717) is 23.5 Å². The van der Waals surface area contributed by atoms with Gasteiger partial charge in [-0.25, -0.2) is 4.98 Å². The summed E-state index contributed by atoms with van der Waals surface area (Å²) in [5, 5.41) is 6.06. The molecule has 0 aliphatic heterocycles. The summed E-state index contributed by atoms with van der Waals surface area (Å²) in [6.07, 6.45) is 5.55. The largest absolute Gasteiger partial charge is 0.310 e. The smallest absolute Gasteiger partial charge is 0.235 e. The van der Waals surface area contributed by atoms with Gasteiger partial charge in [0.25, 0.3) is 0 Å².